The van der Waals surface area contributed by atoms with Gasteiger partial charge in [-0.25, -0.2) is 0 Å². The van der Waals surface area contributed by atoms with Gasteiger partial charge in [0.2, 0.25) is 17.8 Å². The number of rotatable bonds is 4. The third kappa shape index (κ3) is 3.90. The molecule has 2 aliphatic heterocycles. The Morgan fingerprint density at radius 1 is 1.00 bits per heavy atom. The molecule has 0 bridgehead atoms. The number of carbonyl (C=O) groups excluding carboxylic acids is 1. The lowest BCUT2D eigenvalue weighted by Crippen LogP contribution is -2.49. The molecule has 0 spiro atoms. The lowest BCUT2D eigenvalue weighted by molar-refractivity contribution is -0.131. The Hall–Kier alpha value is -3.27. The molecule has 2 fully saturated rings. The number of aromatic nitrogens is 5. The molecule has 3 aromatic rings. The molecule has 10 heteroatoms. The SMILES string of the molecule is CCC(=O)N1CCN(c2nc(-c3cccc4[nH]ncc34)nc(N3CCOCC3)n2)CC1. The molecule has 4 heterocycles. The van der Waals surface area contributed by atoms with E-state index in [-0.39, 0.29) is 5.91 Å². The molecule has 2 aromatic heterocycles. The molecule has 5 rings (SSSR count). The van der Waals surface area contributed by atoms with Crippen LogP contribution in [0.5, 0.6) is 0 Å². The Morgan fingerprint density at radius 2 is 1.71 bits per heavy atom. The van der Waals surface area contributed by atoms with Gasteiger partial charge in [0.05, 0.1) is 24.9 Å². The largest absolute Gasteiger partial charge is 0.378 e. The first kappa shape index (κ1) is 19.7. The van der Waals surface area contributed by atoms with E-state index >= 15 is 0 Å². The number of morpholine rings is 1. The van der Waals surface area contributed by atoms with Gasteiger partial charge in [0.15, 0.2) is 5.82 Å². The smallest absolute Gasteiger partial charge is 0.230 e. The molecule has 0 unspecified atom stereocenters. The number of benzene rings is 1. The van der Waals surface area contributed by atoms with Crippen LogP contribution in [0.4, 0.5) is 11.9 Å². The van der Waals surface area contributed by atoms with Gasteiger partial charge in [-0.15, -0.1) is 0 Å². The first-order valence-corrected chi connectivity index (χ1v) is 10.8. The van der Waals surface area contributed by atoms with Crippen LogP contribution < -0.4 is 9.80 Å². The molecule has 162 valence electrons. The van der Waals surface area contributed by atoms with Crippen molar-refractivity contribution >= 4 is 28.7 Å². The minimum atomic E-state index is 0.191. The standard InChI is InChI=1S/C21H26N8O2/c1-2-18(30)27-6-8-28(9-7-27)20-23-19(15-4-3-5-17-16(15)14-22-26-17)24-21(25-20)29-10-12-31-13-11-29/h3-5,14H,2,6-13H2,1H3,(H,22,26). The fraction of sp³-hybridized carbons (Fsp3) is 0.476. The average molecular weight is 422 g/mol. The van der Waals surface area contributed by atoms with Crippen molar-refractivity contribution in [3.63, 3.8) is 0 Å². The summed E-state index contributed by atoms with van der Waals surface area (Å²) >= 11 is 0. The number of ether oxygens (including phenoxy) is 1. The fourth-order valence-corrected chi connectivity index (χ4v) is 4.06. The van der Waals surface area contributed by atoms with Crippen LogP contribution in [0.2, 0.25) is 0 Å². The van der Waals surface area contributed by atoms with Gasteiger partial charge in [-0.1, -0.05) is 19.1 Å². The first-order chi connectivity index (χ1) is 15.2. The van der Waals surface area contributed by atoms with Crippen LogP contribution in [0.25, 0.3) is 22.3 Å². The summed E-state index contributed by atoms with van der Waals surface area (Å²) < 4.78 is 5.50. The monoisotopic (exact) mass is 422 g/mol. The highest BCUT2D eigenvalue weighted by Gasteiger charge is 2.25. The maximum absolute atomic E-state index is 12.0. The summed E-state index contributed by atoms with van der Waals surface area (Å²) in [5, 5.41) is 8.16. The van der Waals surface area contributed by atoms with E-state index in [1.54, 1.807) is 6.20 Å². The number of H-pyrrole nitrogens is 1. The highest BCUT2D eigenvalue weighted by Crippen LogP contribution is 2.28. The Bertz CT molecular complexity index is 1070. The van der Waals surface area contributed by atoms with E-state index in [2.05, 4.69) is 20.0 Å². The van der Waals surface area contributed by atoms with Crippen LogP contribution in [0.15, 0.2) is 24.4 Å². The van der Waals surface area contributed by atoms with Gasteiger partial charge in [-0.3, -0.25) is 9.89 Å². The molecule has 2 saturated heterocycles. The average Bonchev–Trinajstić information content (AvgIpc) is 3.33. The van der Waals surface area contributed by atoms with Crippen LogP contribution in [0.1, 0.15) is 13.3 Å². The van der Waals surface area contributed by atoms with Crippen molar-refractivity contribution in [2.24, 2.45) is 0 Å². The highest BCUT2D eigenvalue weighted by molar-refractivity contribution is 5.92. The first-order valence-electron chi connectivity index (χ1n) is 10.8. The molecule has 0 saturated carbocycles. The molecule has 1 N–H and O–H groups in total. The van der Waals surface area contributed by atoms with Gasteiger partial charge in [0, 0.05) is 56.6 Å². The predicted molar refractivity (Wildman–Crippen MR) is 117 cm³/mol. The minimum absolute atomic E-state index is 0.191. The third-order valence-corrected chi connectivity index (χ3v) is 5.85. The lowest BCUT2D eigenvalue weighted by Gasteiger charge is -2.35. The number of carbonyl (C=O) groups is 1. The van der Waals surface area contributed by atoms with Gasteiger partial charge >= 0.3 is 0 Å². The molecule has 0 radical (unpaired) electrons. The zero-order valence-electron chi connectivity index (χ0n) is 17.6. The van der Waals surface area contributed by atoms with E-state index in [1.807, 2.05) is 30.0 Å². The van der Waals surface area contributed by atoms with E-state index in [1.165, 1.54) is 0 Å². The summed E-state index contributed by atoms with van der Waals surface area (Å²) in [6.45, 7) is 7.47. The van der Waals surface area contributed by atoms with Crippen molar-refractivity contribution in [2.75, 3.05) is 62.3 Å². The van der Waals surface area contributed by atoms with Crippen molar-refractivity contribution in [2.45, 2.75) is 13.3 Å². The molecule has 0 atom stereocenters. The van der Waals surface area contributed by atoms with Gasteiger partial charge < -0.3 is 19.4 Å². The number of fused-ring (bicyclic) bond motifs is 1. The maximum Gasteiger partial charge on any atom is 0.230 e. The molecule has 0 aliphatic carbocycles. The van der Waals surface area contributed by atoms with E-state index < -0.39 is 0 Å². The predicted octanol–water partition coefficient (Wildman–Crippen LogP) is 1.31. The lowest BCUT2D eigenvalue weighted by atomic mass is 10.1. The van der Waals surface area contributed by atoms with E-state index in [0.717, 1.165) is 29.6 Å². The molecule has 1 aromatic carbocycles. The number of hydrogen-bond donors (Lipinski definition) is 1. The van der Waals surface area contributed by atoms with Crippen molar-refractivity contribution in [1.29, 1.82) is 0 Å². The van der Waals surface area contributed by atoms with E-state index in [0.29, 0.717) is 63.5 Å². The summed E-state index contributed by atoms with van der Waals surface area (Å²) in [5.41, 5.74) is 1.86. The molecule has 10 nitrogen and oxygen atoms in total. The second-order valence-electron chi connectivity index (χ2n) is 7.72. The minimum Gasteiger partial charge on any atom is -0.378 e. The summed E-state index contributed by atoms with van der Waals surface area (Å²) in [6.07, 6.45) is 2.34. The van der Waals surface area contributed by atoms with Crippen molar-refractivity contribution < 1.29 is 9.53 Å². The molecular formula is C21H26N8O2. The number of hydrogen-bond acceptors (Lipinski definition) is 8. The van der Waals surface area contributed by atoms with Gasteiger partial charge in [0.25, 0.3) is 0 Å². The van der Waals surface area contributed by atoms with Crippen molar-refractivity contribution in [3.8, 4) is 11.4 Å². The Labute approximate surface area is 180 Å². The molecule has 2 aliphatic rings. The summed E-state index contributed by atoms with van der Waals surface area (Å²) in [4.78, 5) is 32.7. The van der Waals surface area contributed by atoms with Crippen LogP contribution >= 0.6 is 0 Å². The molecule has 1 amide bonds. The number of anilines is 2. The number of amides is 1. The Kier molecular flexibility index (Phi) is 5.37. The molecule has 31 heavy (non-hydrogen) atoms. The van der Waals surface area contributed by atoms with Gasteiger partial charge in [-0.05, 0) is 6.07 Å². The highest BCUT2D eigenvalue weighted by atomic mass is 16.5. The maximum atomic E-state index is 12.0. The number of nitrogens with one attached hydrogen (secondary N) is 1. The van der Waals surface area contributed by atoms with Crippen LogP contribution in [-0.4, -0.2) is 88.4 Å². The van der Waals surface area contributed by atoms with Crippen LogP contribution in [0, 0.1) is 0 Å². The van der Waals surface area contributed by atoms with E-state index in [9.17, 15) is 4.79 Å². The normalized spacial score (nSPS) is 17.4. The zero-order valence-corrected chi connectivity index (χ0v) is 17.6. The fourth-order valence-electron chi connectivity index (χ4n) is 4.06. The zero-order chi connectivity index (χ0) is 21.2. The van der Waals surface area contributed by atoms with E-state index in [4.69, 9.17) is 19.7 Å². The summed E-state index contributed by atoms with van der Waals surface area (Å²) in [6, 6.07) is 5.97. The number of piperazine rings is 1. The topological polar surface area (TPSA) is 103 Å². The van der Waals surface area contributed by atoms with Crippen molar-refractivity contribution in [3.05, 3.63) is 24.4 Å². The van der Waals surface area contributed by atoms with Gasteiger partial charge in [-0.2, -0.15) is 20.1 Å². The number of aromatic amines is 1. The van der Waals surface area contributed by atoms with Crippen LogP contribution in [0.3, 0.4) is 0 Å². The summed E-state index contributed by atoms with van der Waals surface area (Å²) in [7, 11) is 0. The van der Waals surface area contributed by atoms with Crippen molar-refractivity contribution in [1.82, 2.24) is 30.0 Å². The Balaban J connectivity index is 1.51. The second kappa shape index (κ2) is 8.46. The second-order valence-corrected chi connectivity index (χ2v) is 7.72. The van der Waals surface area contributed by atoms with Crippen LogP contribution in [-0.2, 0) is 9.53 Å². The van der Waals surface area contributed by atoms with Gasteiger partial charge in [0.1, 0.15) is 0 Å². The number of nitrogens with zero attached hydrogens (tertiary/aromatic N) is 7. The Morgan fingerprint density at radius 3 is 2.42 bits per heavy atom. The molecular weight excluding hydrogens is 396 g/mol. The quantitative estimate of drug-likeness (QED) is 0.671. The summed E-state index contributed by atoms with van der Waals surface area (Å²) in [5.74, 6) is 2.13. The third-order valence-electron chi connectivity index (χ3n) is 5.85.